The molecule has 0 spiro atoms. The Morgan fingerprint density at radius 2 is 1.97 bits per heavy atom. The predicted octanol–water partition coefficient (Wildman–Crippen LogP) is 3.12. The molecule has 10 nitrogen and oxygen atoms in total. The van der Waals surface area contributed by atoms with Gasteiger partial charge in [-0.15, -0.1) is 0 Å². The molecular weight excluding hydrogens is 522 g/mol. The number of nitrogens with zero attached hydrogens (tertiary/aromatic N) is 4. The second kappa shape index (κ2) is 9.85. The van der Waals surface area contributed by atoms with Gasteiger partial charge in [-0.25, -0.2) is 22.0 Å². The van der Waals surface area contributed by atoms with E-state index >= 15 is 0 Å². The number of aromatic nitrogens is 2. The van der Waals surface area contributed by atoms with Crippen molar-refractivity contribution in [2.45, 2.75) is 75.7 Å². The number of benzene rings is 1. The second-order valence-corrected chi connectivity index (χ2v) is 13.2. The minimum atomic E-state index is -3.65. The van der Waals surface area contributed by atoms with Gasteiger partial charge in [0.15, 0.2) is 0 Å². The lowest BCUT2D eigenvalue weighted by Crippen LogP contribution is -2.58. The van der Waals surface area contributed by atoms with Crippen molar-refractivity contribution in [2.24, 2.45) is 0 Å². The zero-order valence-electron chi connectivity index (χ0n) is 21.5. The van der Waals surface area contributed by atoms with Crippen molar-refractivity contribution in [3.05, 3.63) is 52.9 Å². The number of fused-ring (bicyclic) bond motifs is 1. The van der Waals surface area contributed by atoms with Crippen LogP contribution >= 0.6 is 0 Å². The molecular formula is C25H32F2N4O6S. The molecule has 208 valence electrons. The van der Waals surface area contributed by atoms with E-state index in [1.54, 1.807) is 20.8 Å². The van der Waals surface area contributed by atoms with Crippen LogP contribution in [0, 0.1) is 11.6 Å². The first kappa shape index (κ1) is 27.0. The fourth-order valence-electron chi connectivity index (χ4n) is 5.69. The molecule has 4 atom stereocenters. The van der Waals surface area contributed by atoms with Gasteiger partial charge in [0, 0.05) is 48.6 Å². The van der Waals surface area contributed by atoms with Gasteiger partial charge in [-0.2, -0.15) is 9.19 Å². The van der Waals surface area contributed by atoms with E-state index in [-0.39, 0.29) is 24.8 Å². The maximum absolute atomic E-state index is 14.8. The number of hydrogen-bond donors (Lipinski definition) is 1. The molecule has 2 saturated heterocycles. The Morgan fingerprint density at radius 3 is 2.61 bits per heavy atom. The molecule has 38 heavy (non-hydrogen) atoms. The first-order valence-electron chi connectivity index (χ1n) is 12.6. The van der Waals surface area contributed by atoms with Crippen LogP contribution in [0.2, 0.25) is 0 Å². The maximum Gasteiger partial charge on any atom is 0.408 e. The Kier molecular flexibility index (Phi) is 6.99. The summed E-state index contributed by atoms with van der Waals surface area (Å²) in [7, 11) is -3.65. The largest absolute Gasteiger partial charge is 0.465 e. The summed E-state index contributed by atoms with van der Waals surface area (Å²) in [5.41, 5.74) is 0.545. The smallest absolute Gasteiger partial charge is 0.408 e. The van der Waals surface area contributed by atoms with Gasteiger partial charge >= 0.3 is 6.09 Å². The van der Waals surface area contributed by atoms with E-state index < -0.39 is 50.7 Å². The van der Waals surface area contributed by atoms with Crippen molar-refractivity contribution < 1.29 is 36.6 Å². The molecule has 1 unspecified atom stereocenters. The summed E-state index contributed by atoms with van der Waals surface area (Å²) >= 11 is 0. The van der Waals surface area contributed by atoms with Crippen LogP contribution < -0.4 is 0 Å². The van der Waals surface area contributed by atoms with Crippen LogP contribution in [0.3, 0.4) is 0 Å². The van der Waals surface area contributed by atoms with Crippen molar-refractivity contribution in [1.82, 2.24) is 19.0 Å². The number of ether oxygens (including phenoxy) is 2. The number of hydrogen-bond acceptors (Lipinski definition) is 7. The third-order valence-electron chi connectivity index (χ3n) is 7.52. The average Bonchev–Trinajstić information content (AvgIpc) is 3.57. The van der Waals surface area contributed by atoms with Gasteiger partial charge in [0.1, 0.15) is 23.0 Å². The van der Waals surface area contributed by atoms with E-state index in [9.17, 15) is 27.1 Å². The maximum atomic E-state index is 14.8. The van der Waals surface area contributed by atoms with Gasteiger partial charge in [-0.1, -0.05) is 0 Å². The molecule has 3 aliphatic heterocycles. The van der Waals surface area contributed by atoms with Crippen molar-refractivity contribution in [2.75, 3.05) is 19.8 Å². The number of carboxylic acid groups (broad SMARTS) is 1. The standard InChI is InChI=1S/C25H32F2N4O6S/c1-25(2,3)31(24(32)33)22-9-17(13-37-23(22)19-8-16(26)4-5-20(19)27)29-10-15-11-30(28-21(15)12-29)38(34,35)18-6-7-36-14-18/h4-5,8,11,17-18,22-23H,6-7,9-10,12-14H2,1-3H3,(H,32,33)/t17-,18?,22+,23-/m1/s1. The van der Waals surface area contributed by atoms with Gasteiger partial charge in [0.2, 0.25) is 0 Å². The summed E-state index contributed by atoms with van der Waals surface area (Å²) in [6, 6.07) is 2.04. The van der Waals surface area contributed by atoms with Crippen molar-refractivity contribution in [3.8, 4) is 0 Å². The van der Waals surface area contributed by atoms with Crippen molar-refractivity contribution >= 4 is 16.1 Å². The molecule has 4 heterocycles. The van der Waals surface area contributed by atoms with Gasteiger partial charge in [-0.3, -0.25) is 9.80 Å². The number of rotatable bonds is 5. The summed E-state index contributed by atoms with van der Waals surface area (Å²) < 4.78 is 67.0. The third kappa shape index (κ3) is 4.92. The quantitative estimate of drug-likeness (QED) is 0.600. The Bertz CT molecular complexity index is 1300. The first-order chi connectivity index (χ1) is 17.9. The van der Waals surface area contributed by atoms with E-state index in [4.69, 9.17) is 9.47 Å². The fraction of sp³-hybridized carbons (Fsp3) is 0.600. The first-order valence-corrected chi connectivity index (χ1v) is 14.1. The second-order valence-electron chi connectivity index (χ2n) is 11.1. The number of amides is 1. The lowest BCUT2D eigenvalue weighted by Gasteiger charge is -2.48. The molecule has 1 aromatic carbocycles. The van der Waals surface area contributed by atoms with Crippen LogP contribution in [0.1, 0.15) is 56.5 Å². The molecule has 3 aliphatic rings. The molecule has 0 radical (unpaired) electrons. The Labute approximate surface area is 220 Å². The zero-order valence-corrected chi connectivity index (χ0v) is 22.3. The normalized spacial score (nSPS) is 26.4. The van der Waals surface area contributed by atoms with E-state index in [0.29, 0.717) is 38.2 Å². The highest BCUT2D eigenvalue weighted by atomic mass is 32.2. The van der Waals surface area contributed by atoms with Crippen LogP contribution in [0.15, 0.2) is 24.4 Å². The zero-order chi connectivity index (χ0) is 27.4. The monoisotopic (exact) mass is 554 g/mol. The number of carbonyl (C=O) groups is 1. The molecule has 1 amide bonds. The highest BCUT2D eigenvalue weighted by Gasteiger charge is 2.46. The predicted molar refractivity (Wildman–Crippen MR) is 132 cm³/mol. The molecule has 0 aliphatic carbocycles. The molecule has 5 rings (SSSR count). The van der Waals surface area contributed by atoms with E-state index in [1.807, 2.05) is 0 Å². The van der Waals surface area contributed by atoms with Gasteiger partial charge < -0.3 is 14.6 Å². The topological polar surface area (TPSA) is 114 Å². The lowest BCUT2D eigenvalue weighted by atomic mass is 9.88. The summed E-state index contributed by atoms with van der Waals surface area (Å²) in [6.45, 7) is 6.73. The van der Waals surface area contributed by atoms with Crippen LogP contribution in [0.5, 0.6) is 0 Å². The Morgan fingerprint density at radius 1 is 1.21 bits per heavy atom. The molecule has 13 heteroatoms. The average molecular weight is 555 g/mol. The SMILES string of the molecule is CC(C)(C)N(C(=O)O)[C@H]1C[C@@H](N2Cc3cn(S(=O)(=O)C4CCOC4)nc3C2)CO[C@@H]1c1cc(F)ccc1F. The highest BCUT2D eigenvalue weighted by Crippen LogP contribution is 2.39. The van der Waals surface area contributed by atoms with Gasteiger partial charge in [-0.05, 0) is 51.8 Å². The molecule has 2 fully saturated rings. The van der Waals surface area contributed by atoms with Crippen LogP contribution in [-0.2, 0) is 32.6 Å². The minimum Gasteiger partial charge on any atom is -0.465 e. The fourth-order valence-corrected chi connectivity index (χ4v) is 7.14. The number of halogens is 2. The minimum absolute atomic E-state index is 0.0222. The van der Waals surface area contributed by atoms with Crippen molar-refractivity contribution in [3.63, 3.8) is 0 Å². The van der Waals surface area contributed by atoms with Gasteiger partial charge in [0.05, 0.1) is 24.9 Å². The molecule has 1 aromatic heterocycles. The highest BCUT2D eigenvalue weighted by molar-refractivity contribution is 7.90. The van der Waals surface area contributed by atoms with E-state index in [2.05, 4.69) is 10.00 Å². The third-order valence-corrected chi connectivity index (χ3v) is 9.45. The van der Waals surface area contributed by atoms with Crippen LogP contribution in [-0.4, -0.2) is 81.3 Å². The van der Waals surface area contributed by atoms with Crippen molar-refractivity contribution in [1.29, 1.82) is 0 Å². The van der Waals surface area contributed by atoms with Gasteiger partial charge in [0.25, 0.3) is 10.0 Å². The summed E-state index contributed by atoms with van der Waals surface area (Å²) in [5, 5.41) is 13.9. The summed E-state index contributed by atoms with van der Waals surface area (Å²) in [5.74, 6) is -1.30. The van der Waals surface area contributed by atoms with E-state index in [0.717, 1.165) is 27.8 Å². The van der Waals surface area contributed by atoms with Crippen LogP contribution in [0.4, 0.5) is 13.6 Å². The van der Waals surface area contributed by atoms with Crippen LogP contribution in [0.25, 0.3) is 0 Å². The Hall–Kier alpha value is -2.61. The molecule has 0 bridgehead atoms. The molecule has 0 saturated carbocycles. The molecule has 2 aromatic rings. The summed E-state index contributed by atoms with van der Waals surface area (Å²) in [4.78, 5) is 15.7. The Balaban J connectivity index is 1.38. The van der Waals surface area contributed by atoms with E-state index in [1.165, 1.54) is 11.1 Å². The lowest BCUT2D eigenvalue weighted by molar-refractivity contribution is -0.102. The molecule has 1 N–H and O–H groups in total. The summed E-state index contributed by atoms with van der Waals surface area (Å²) in [6.07, 6.45) is 0.0987.